The minimum Gasteiger partial charge on any atom is -0.493 e. The number of aliphatic hydroxyl groups is 1. The van der Waals surface area contributed by atoms with E-state index in [1.807, 2.05) is 6.20 Å². The van der Waals surface area contributed by atoms with Crippen LogP contribution in [-0.2, 0) is 6.54 Å². The normalized spacial score (nSPS) is 23.9. The largest absolute Gasteiger partial charge is 0.493 e. The molecule has 114 valence electrons. The second-order valence-electron chi connectivity index (χ2n) is 6.00. The molecule has 2 unspecified atom stereocenters. The number of nitrogens with zero attached hydrogens (tertiary/aromatic N) is 3. The lowest BCUT2D eigenvalue weighted by Gasteiger charge is -2.20. The highest BCUT2D eigenvalue weighted by Crippen LogP contribution is 2.36. The van der Waals surface area contributed by atoms with E-state index < -0.39 is 0 Å². The Balaban J connectivity index is 2.20. The highest BCUT2D eigenvalue weighted by Gasteiger charge is 2.26. The predicted molar refractivity (Wildman–Crippen MR) is 79.2 cm³/mol. The van der Waals surface area contributed by atoms with Gasteiger partial charge in [0.05, 0.1) is 31.6 Å². The smallest absolute Gasteiger partial charge is 0.160 e. The van der Waals surface area contributed by atoms with Gasteiger partial charge < -0.3 is 14.7 Å². The summed E-state index contributed by atoms with van der Waals surface area (Å²) in [6.45, 7) is 1.81. The van der Waals surface area contributed by atoms with Gasteiger partial charge in [-0.05, 0) is 33.4 Å². The van der Waals surface area contributed by atoms with Gasteiger partial charge in [-0.1, -0.05) is 12.8 Å². The molecule has 20 heavy (non-hydrogen) atoms. The van der Waals surface area contributed by atoms with Crippen LogP contribution in [0.25, 0.3) is 0 Å². The van der Waals surface area contributed by atoms with Crippen molar-refractivity contribution in [3.63, 3.8) is 0 Å². The van der Waals surface area contributed by atoms with Crippen molar-refractivity contribution in [2.75, 3.05) is 27.7 Å². The number of hydrogen-bond acceptors (Lipinski definition) is 4. The third-order valence-electron chi connectivity index (χ3n) is 4.11. The van der Waals surface area contributed by atoms with Crippen LogP contribution in [0.3, 0.4) is 0 Å². The van der Waals surface area contributed by atoms with Crippen LogP contribution in [0.2, 0.25) is 0 Å². The number of methoxy groups -OCH3 is 1. The molecule has 1 aromatic rings. The molecule has 0 aromatic carbocycles. The van der Waals surface area contributed by atoms with Crippen molar-refractivity contribution < 1.29 is 9.84 Å². The van der Waals surface area contributed by atoms with E-state index in [-0.39, 0.29) is 6.10 Å². The lowest BCUT2D eigenvalue weighted by molar-refractivity contribution is 0.150. The molecule has 1 saturated carbocycles. The Morgan fingerprint density at radius 2 is 2.15 bits per heavy atom. The topological polar surface area (TPSA) is 50.5 Å². The molecule has 2 rings (SSSR count). The first-order valence-corrected chi connectivity index (χ1v) is 7.54. The first-order valence-electron chi connectivity index (χ1n) is 7.54. The Morgan fingerprint density at radius 1 is 1.40 bits per heavy atom. The third kappa shape index (κ3) is 3.73. The molecule has 0 spiro atoms. The van der Waals surface area contributed by atoms with Crippen molar-refractivity contribution in [2.45, 2.75) is 50.7 Å². The number of likely N-dealkylation sites (N-methyl/N-ethyl adjacent to an activating group) is 1. The average Bonchev–Trinajstić information content (AvgIpc) is 2.71. The van der Waals surface area contributed by atoms with E-state index in [1.54, 1.807) is 7.11 Å². The van der Waals surface area contributed by atoms with Crippen molar-refractivity contribution >= 4 is 0 Å². The van der Waals surface area contributed by atoms with Crippen LogP contribution < -0.4 is 4.74 Å². The van der Waals surface area contributed by atoms with Gasteiger partial charge in [-0.15, -0.1) is 0 Å². The van der Waals surface area contributed by atoms with Gasteiger partial charge in [-0.2, -0.15) is 5.10 Å². The molecule has 1 aromatic heterocycles. The van der Waals surface area contributed by atoms with Gasteiger partial charge in [0, 0.05) is 12.5 Å². The zero-order valence-corrected chi connectivity index (χ0v) is 12.9. The Bertz CT molecular complexity index is 417. The maximum atomic E-state index is 10.1. The first kappa shape index (κ1) is 15.3. The molecule has 1 heterocycles. The monoisotopic (exact) mass is 281 g/mol. The fourth-order valence-corrected chi connectivity index (χ4v) is 3.00. The maximum Gasteiger partial charge on any atom is 0.160 e. The second kappa shape index (κ2) is 7.09. The summed E-state index contributed by atoms with van der Waals surface area (Å²) in [6, 6.07) is 0. The summed E-state index contributed by atoms with van der Waals surface area (Å²) in [7, 11) is 5.83. The van der Waals surface area contributed by atoms with E-state index in [9.17, 15) is 5.11 Å². The van der Waals surface area contributed by atoms with Crippen molar-refractivity contribution in [1.29, 1.82) is 0 Å². The van der Waals surface area contributed by atoms with Crippen molar-refractivity contribution in [2.24, 2.45) is 0 Å². The molecule has 1 aliphatic rings. The zero-order chi connectivity index (χ0) is 14.5. The van der Waals surface area contributed by atoms with Crippen LogP contribution >= 0.6 is 0 Å². The van der Waals surface area contributed by atoms with E-state index in [2.05, 4.69) is 28.8 Å². The number of hydrogen-bond donors (Lipinski definition) is 1. The molecule has 1 aliphatic carbocycles. The molecule has 0 aliphatic heterocycles. The molecule has 0 saturated heterocycles. The summed E-state index contributed by atoms with van der Waals surface area (Å²) in [5, 5.41) is 14.5. The van der Waals surface area contributed by atoms with Gasteiger partial charge >= 0.3 is 0 Å². The SMILES string of the molecule is COc1cnn(CCN(C)C)c1C1CCCCC(O)C1. The van der Waals surface area contributed by atoms with Crippen molar-refractivity contribution in [1.82, 2.24) is 14.7 Å². The van der Waals surface area contributed by atoms with Crippen LogP contribution in [0.5, 0.6) is 5.75 Å². The van der Waals surface area contributed by atoms with Crippen molar-refractivity contribution in [3.05, 3.63) is 11.9 Å². The Morgan fingerprint density at radius 3 is 2.85 bits per heavy atom. The molecule has 2 atom stereocenters. The highest BCUT2D eigenvalue weighted by molar-refractivity contribution is 5.29. The number of rotatable bonds is 5. The fourth-order valence-electron chi connectivity index (χ4n) is 3.00. The number of aliphatic hydroxyl groups excluding tert-OH is 1. The van der Waals surface area contributed by atoms with E-state index >= 15 is 0 Å². The van der Waals surface area contributed by atoms with Gasteiger partial charge in [0.15, 0.2) is 5.75 Å². The van der Waals surface area contributed by atoms with E-state index in [0.29, 0.717) is 5.92 Å². The summed E-state index contributed by atoms with van der Waals surface area (Å²) in [5.74, 6) is 1.22. The maximum absolute atomic E-state index is 10.1. The average molecular weight is 281 g/mol. The first-order chi connectivity index (χ1) is 9.61. The fraction of sp³-hybridized carbons (Fsp3) is 0.800. The third-order valence-corrected chi connectivity index (χ3v) is 4.11. The highest BCUT2D eigenvalue weighted by atomic mass is 16.5. The van der Waals surface area contributed by atoms with Gasteiger partial charge in [-0.3, -0.25) is 4.68 Å². The number of aromatic nitrogens is 2. The molecule has 0 radical (unpaired) electrons. The minimum atomic E-state index is -0.190. The lowest BCUT2D eigenvalue weighted by Crippen LogP contribution is -2.22. The lowest BCUT2D eigenvalue weighted by atomic mass is 9.95. The molecule has 1 fully saturated rings. The zero-order valence-electron chi connectivity index (χ0n) is 12.9. The summed E-state index contributed by atoms with van der Waals surface area (Å²) in [4.78, 5) is 2.15. The Labute approximate surface area is 121 Å². The molecule has 5 heteroatoms. The predicted octanol–water partition coefficient (Wildman–Crippen LogP) is 1.86. The Kier molecular flexibility index (Phi) is 5.43. The van der Waals surface area contributed by atoms with Crippen LogP contribution in [0.15, 0.2) is 6.20 Å². The molecule has 0 bridgehead atoms. The van der Waals surface area contributed by atoms with Gasteiger partial charge in [0.25, 0.3) is 0 Å². The standard InChI is InChI=1S/C15H27N3O2/c1-17(2)8-9-18-15(14(20-3)11-16-18)12-6-4-5-7-13(19)10-12/h11-13,19H,4-10H2,1-3H3. The molecule has 5 nitrogen and oxygen atoms in total. The van der Waals surface area contributed by atoms with Crippen molar-refractivity contribution in [3.8, 4) is 5.75 Å². The van der Waals surface area contributed by atoms with Crippen LogP contribution in [-0.4, -0.2) is 53.6 Å². The summed E-state index contributed by atoms with van der Waals surface area (Å²) < 4.78 is 7.54. The van der Waals surface area contributed by atoms with E-state index in [4.69, 9.17) is 4.74 Å². The van der Waals surface area contributed by atoms with E-state index in [1.165, 1.54) is 6.42 Å². The van der Waals surface area contributed by atoms with Gasteiger partial charge in [-0.25, -0.2) is 0 Å². The van der Waals surface area contributed by atoms with E-state index in [0.717, 1.165) is 50.2 Å². The van der Waals surface area contributed by atoms with Crippen LogP contribution in [0.1, 0.15) is 43.7 Å². The summed E-state index contributed by atoms with van der Waals surface area (Å²) in [5.41, 5.74) is 1.16. The molecule has 0 amide bonds. The molecular weight excluding hydrogens is 254 g/mol. The molecular formula is C15H27N3O2. The quantitative estimate of drug-likeness (QED) is 0.837. The number of ether oxygens (including phenoxy) is 1. The van der Waals surface area contributed by atoms with Gasteiger partial charge in [0.1, 0.15) is 0 Å². The molecule has 1 N–H and O–H groups in total. The Hall–Kier alpha value is -1.07. The van der Waals surface area contributed by atoms with Gasteiger partial charge in [0.2, 0.25) is 0 Å². The summed E-state index contributed by atoms with van der Waals surface area (Å²) >= 11 is 0. The summed E-state index contributed by atoms with van der Waals surface area (Å²) in [6.07, 6.45) is 6.76. The van der Waals surface area contributed by atoms with Crippen LogP contribution in [0, 0.1) is 0 Å². The minimum absolute atomic E-state index is 0.190. The second-order valence-corrected chi connectivity index (χ2v) is 6.00. The van der Waals surface area contributed by atoms with Crippen LogP contribution in [0.4, 0.5) is 0 Å².